The second-order valence-electron chi connectivity index (χ2n) is 6.60. The largest absolute Gasteiger partial charge is 0.367 e. The summed E-state index contributed by atoms with van der Waals surface area (Å²) in [6, 6.07) is 0.938. The molecule has 2 N–H and O–H groups in total. The van der Waals surface area contributed by atoms with Crippen molar-refractivity contribution in [3.63, 3.8) is 0 Å². The molecule has 0 amide bonds. The van der Waals surface area contributed by atoms with Crippen LogP contribution in [-0.2, 0) is 12.8 Å². The van der Waals surface area contributed by atoms with Gasteiger partial charge < -0.3 is 10.6 Å². The Kier molecular flexibility index (Phi) is 4.44. The number of nitrogens with zero attached hydrogens (tertiary/aromatic N) is 2. The maximum absolute atomic E-state index is 12.3. The molecule has 1 saturated carbocycles. The third-order valence-corrected chi connectivity index (χ3v) is 6.30. The first-order valence-corrected chi connectivity index (χ1v) is 9.48. The molecule has 6 heteroatoms. The van der Waals surface area contributed by atoms with Gasteiger partial charge in [-0.05, 0) is 50.5 Å². The Hall–Kier alpha value is -1.27. The van der Waals surface area contributed by atoms with Gasteiger partial charge in [-0.3, -0.25) is 0 Å². The smallest absolute Gasteiger partial charge is 0.138 e. The first-order chi connectivity index (χ1) is 11.3. The number of anilines is 1. The van der Waals surface area contributed by atoms with Crippen LogP contribution in [0.25, 0.3) is 10.2 Å². The van der Waals surface area contributed by atoms with E-state index in [0.29, 0.717) is 18.6 Å². The van der Waals surface area contributed by atoms with Crippen LogP contribution in [-0.4, -0.2) is 35.3 Å². The van der Waals surface area contributed by atoms with Crippen LogP contribution in [0, 0.1) is 0 Å². The number of aryl methyl sites for hydroxylation is 2. The number of alkyl halides is 1. The van der Waals surface area contributed by atoms with Crippen molar-refractivity contribution in [2.24, 2.45) is 0 Å². The van der Waals surface area contributed by atoms with Gasteiger partial charge in [0.25, 0.3) is 0 Å². The summed E-state index contributed by atoms with van der Waals surface area (Å²) in [6.45, 7) is 0.205. The minimum atomic E-state index is -0.277. The standard InChI is InChI=1S/C17H23FN4S/c18-8-9-19-11-4-6-12(7-5-11)22-16-15-13-2-1-3-14(13)23-17(15)21-10-20-16/h10-12,19H,1-9H2,(H,20,21,22)/t11-,12-. The van der Waals surface area contributed by atoms with Crippen molar-refractivity contribution >= 4 is 27.4 Å². The lowest BCUT2D eigenvalue weighted by Crippen LogP contribution is -2.37. The highest BCUT2D eigenvalue weighted by Gasteiger charge is 2.24. The monoisotopic (exact) mass is 334 g/mol. The highest BCUT2D eigenvalue weighted by molar-refractivity contribution is 7.19. The fraction of sp³-hybridized carbons (Fsp3) is 0.647. The first-order valence-electron chi connectivity index (χ1n) is 8.66. The van der Waals surface area contributed by atoms with Gasteiger partial charge in [-0.2, -0.15) is 0 Å². The van der Waals surface area contributed by atoms with E-state index in [9.17, 15) is 4.39 Å². The van der Waals surface area contributed by atoms with E-state index in [-0.39, 0.29) is 6.67 Å². The van der Waals surface area contributed by atoms with E-state index in [4.69, 9.17) is 0 Å². The Bertz CT molecular complexity index is 679. The molecule has 4 rings (SSSR count). The highest BCUT2D eigenvalue weighted by Crippen LogP contribution is 2.39. The van der Waals surface area contributed by atoms with Crippen molar-refractivity contribution in [2.45, 2.75) is 57.0 Å². The molecule has 2 aliphatic rings. The van der Waals surface area contributed by atoms with Crippen LogP contribution in [0.2, 0.25) is 0 Å². The molecule has 1 fully saturated rings. The minimum absolute atomic E-state index is 0.277. The van der Waals surface area contributed by atoms with E-state index in [1.54, 1.807) is 6.33 Å². The molecule has 2 aromatic heterocycles. The zero-order valence-electron chi connectivity index (χ0n) is 13.3. The second kappa shape index (κ2) is 6.69. The molecule has 0 bridgehead atoms. The van der Waals surface area contributed by atoms with Crippen LogP contribution in [0.3, 0.4) is 0 Å². The van der Waals surface area contributed by atoms with Gasteiger partial charge in [0.05, 0.1) is 5.39 Å². The van der Waals surface area contributed by atoms with Crippen molar-refractivity contribution in [1.29, 1.82) is 0 Å². The van der Waals surface area contributed by atoms with Gasteiger partial charge in [-0.15, -0.1) is 11.3 Å². The maximum Gasteiger partial charge on any atom is 0.138 e. The molecule has 4 nitrogen and oxygen atoms in total. The van der Waals surface area contributed by atoms with Gasteiger partial charge in [-0.1, -0.05) is 0 Å². The molecule has 2 aromatic rings. The highest BCUT2D eigenvalue weighted by atomic mass is 32.1. The lowest BCUT2D eigenvalue weighted by molar-refractivity contribution is 0.339. The van der Waals surface area contributed by atoms with Gasteiger partial charge in [0.2, 0.25) is 0 Å². The fourth-order valence-electron chi connectivity index (χ4n) is 3.93. The molecule has 23 heavy (non-hydrogen) atoms. The van der Waals surface area contributed by atoms with E-state index in [0.717, 1.165) is 42.8 Å². The number of rotatable bonds is 5. The summed E-state index contributed by atoms with van der Waals surface area (Å²) in [5, 5.41) is 8.22. The summed E-state index contributed by atoms with van der Waals surface area (Å²) in [7, 11) is 0. The zero-order chi connectivity index (χ0) is 15.6. The summed E-state index contributed by atoms with van der Waals surface area (Å²) in [6.07, 6.45) is 9.74. The van der Waals surface area contributed by atoms with Gasteiger partial charge in [0.1, 0.15) is 23.7 Å². The summed E-state index contributed by atoms with van der Waals surface area (Å²) in [5.74, 6) is 1.02. The van der Waals surface area contributed by atoms with Crippen LogP contribution in [0.5, 0.6) is 0 Å². The van der Waals surface area contributed by atoms with Crippen molar-refractivity contribution in [3.8, 4) is 0 Å². The fourth-order valence-corrected chi connectivity index (χ4v) is 5.16. The third-order valence-electron chi connectivity index (χ3n) is 5.10. The summed E-state index contributed by atoms with van der Waals surface area (Å²) < 4.78 is 12.3. The van der Waals surface area contributed by atoms with Crippen molar-refractivity contribution in [1.82, 2.24) is 15.3 Å². The number of fused-ring (bicyclic) bond motifs is 3. The summed E-state index contributed by atoms with van der Waals surface area (Å²) in [4.78, 5) is 11.6. The topological polar surface area (TPSA) is 49.8 Å². The number of halogens is 1. The maximum atomic E-state index is 12.3. The summed E-state index contributed by atoms with van der Waals surface area (Å²) in [5.41, 5.74) is 1.48. The van der Waals surface area contributed by atoms with E-state index in [1.165, 1.54) is 28.7 Å². The van der Waals surface area contributed by atoms with E-state index >= 15 is 0 Å². The molecule has 0 unspecified atom stereocenters. The average molecular weight is 334 g/mol. The second-order valence-corrected chi connectivity index (χ2v) is 7.68. The van der Waals surface area contributed by atoms with Gasteiger partial charge >= 0.3 is 0 Å². The molecular formula is C17H23FN4S. The Balaban J connectivity index is 1.47. The van der Waals surface area contributed by atoms with E-state index < -0.39 is 0 Å². The van der Waals surface area contributed by atoms with Crippen LogP contribution >= 0.6 is 11.3 Å². The first kappa shape index (κ1) is 15.3. The van der Waals surface area contributed by atoms with Gasteiger partial charge in [0.15, 0.2) is 0 Å². The molecule has 2 heterocycles. The molecule has 2 aliphatic carbocycles. The predicted octanol–water partition coefficient (Wildman–Crippen LogP) is 3.46. The van der Waals surface area contributed by atoms with Crippen LogP contribution < -0.4 is 10.6 Å². The zero-order valence-corrected chi connectivity index (χ0v) is 14.1. The number of aromatic nitrogens is 2. The Morgan fingerprint density at radius 1 is 1.13 bits per heavy atom. The number of hydrogen-bond acceptors (Lipinski definition) is 5. The third kappa shape index (κ3) is 3.06. The molecule has 0 spiro atoms. The quantitative estimate of drug-likeness (QED) is 0.879. The Morgan fingerprint density at radius 2 is 1.96 bits per heavy atom. The van der Waals surface area contributed by atoms with Crippen LogP contribution in [0.15, 0.2) is 6.33 Å². The van der Waals surface area contributed by atoms with Crippen molar-refractivity contribution in [2.75, 3.05) is 18.5 Å². The van der Waals surface area contributed by atoms with Gasteiger partial charge in [0, 0.05) is 23.5 Å². The molecule has 0 radical (unpaired) electrons. The lowest BCUT2D eigenvalue weighted by atomic mass is 9.91. The van der Waals surface area contributed by atoms with Crippen molar-refractivity contribution < 1.29 is 4.39 Å². The Morgan fingerprint density at radius 3 is 2.78 bits per heavy atom. The van der Waals surface area contributed by atoms with Crippen LogP contribution in [0.1, 0.15) is 42.5 Å². The number of hydrogen-bond donors (Lipinski definition) is 2. The van der Waals surface area contributed by atoms with Crippen LogP contribution in [0.4, 0.5) is 10.2 Å². The molecule has 124 valence electrons. The SMILES string of the molecule is FCCN[C@H]1CC[C@H](Nc2ncnc3sc4c(c23)CCC4)CC1. The molecule has 0 aromatic carbocycles. The minimum Gasteiger partial charge on any atom is -0.367 e. The predicted molar refractivity (Wildman–Crippen MR) is 93.1 cm³/mol. The summed E-state index contributed by atoms with van der Waals surface area (Å²) >= 11 is 1.84. The number of nitrogens with one attached hydrogen (secondary N) is 2. The van der Waals surface area contributed by atoms with Crippen molar-refractivity contribution in [3.05, 3.63) is 16.8 Å². The number of thiophene rings is 1. The molecular weight excluding hydrogens is 311 g/mol. The molecule has 0 saturated heterocycles. The lowest BCUT2D eigenvalue weighted by Gasteiger charge is -2.30. The average Bonchev–Trinajstić information content (AvgIpc) is 3.15. The molecule has 0 aliphatic heterocycles. The normalized spacial score (nSPS) is 24.0. The van der Waals surface area contributed by atoms with E-state index in [2.05, 4.69) is 20.6 Å². The molecule has 0 atom stereocenters. The van der Waals surface area contributed by atoms with Gasteiger partial charge in [-0.25, -0.2) is 14.4 Å². The van der Waals surface area contributed by atoms with E-state index in [1.807, 2.05) is 11.3 Å². The Labute approximate surface area is 139 Å².